The first kappa shape index (κ1) is 17.0. The molecule has 2 amide bonds. The highest BCUT2D eigenvalue weighted by molar-refractivity contribution is 6.06. The SMILES string of the molecule is CC(=O)N1CC[C@@H]2[C@H](CCCCN2C(=O)c2cccc3ncccc23)C1. The molecule has 136 valence electrons. The standard InChI is InChI=1S/C21H25N3O2/c1-15(25)23-13-10-20-16(14-23)6-2-3-12-24(20)21(26)18-7-4-9-19-17(18)8-5-11-22-19/h4-5,7-9,11,16,20H,2-3,6,10,12-14H2,1H3/t16-,20-/m1/s1. The fraction of sp³-hybridized carbons (Fsp3) is 0.476. The number of aromatic nitrogens is 1. The Morgan fingerprint density at radius 1 is 1.08 bits per heavy atom. The van der Waals surface area contributed by atoms with Crippen LogP contribution in [-0.2, 0) is 4.79 Å². The summed E-state index contributed by atoms with van der Waals surface area (Å²) in [5, 5.41) is 0.918. The molecular formula is C21H25N3O2. The first-order valence-electron chi connectivity index (χ1n) is 9.55. The van der Waals surface area contributed by atoms with Crippen molar-refractivity contribution in [1.29, 1.82) is 0 Å². The Bertz CT molecular complexity index is 830. The van der Waals surface area contributed by atoms with E-state index in [4.69, 9.17) is 0 Å². The zero-order chi connectivity index (χ0) is 18.1. The Kier molecular flexibility index (Phi) is 4.62. The monoisotopic (exact) mass is 351 g/mol. The van der Waals surface area contributed by atoms with Gasteiger partial charge in [-0.05, 0) is 43.4 Å². The van der Waals surface area contributed by atoms with E-state index in [2.05, 4.69) is 9.88 Å². The minimum Gasteiger partial charge on any atom is -0.343 e. The fourth-order valence-electron chi connectivity index (χ4n) is 4.55. The largest absolute Gasteiger partial charge is 0.343 e. The highest BCUT2D eigenvalue weighted by Crippen LogP contribution is 2.32. The molecule has 2 aromatic rings. The van der Waals surface area contributed by atoms with Crippen molar-refractivity contribution in [2.24, 2.45) is 5.92 Å². The Balaban J connectivity index is 1.65. The molecule has 5 nitrogen and oxygen atoms in total. The van der Waals surface area contributed by atoms with Gasteiger partial charge in [0.15, 0.2) is 0 Å². The number of carbonyl (C=O) groups is 2. The van der Waals surface area contributed by atoms with E-state index >= 15 is 0 Å². The molecule has 0 aliphatic carbocycles. The normalized spacial score (nSPS) is 23.4. The van der Waals surface area contributed by atoms with Gasteiger partial charge in [-0.2, -0.15) is 0 Å². The molecule has 0 unspecified atom stereocenters. The first-order chi connectivity index (χ1) is 12.6. The number of nitrogens with zero attached hydrogens (tertiary/aromatic N) is 3. The number of carbonyl (C=O) groups excluding carboxylic acids is 2. The zero-order valence-electron chi connectivity index (χ0n) is 15.2. The number of hydrogen-bond acceptors (Lipinski definition) is 3. The van der Waals surface area contributed by atoms with Crippen molar-refractivity contribution >= 4 is 22.7 Å². The smallest absolute Gasteiger partial charge is 0.254 e. The topological polar surface area (TPSA) is 53.5 Å². The lowest BCUT2D eigenvalue weighted by atomic mass is 9.88. The summed E-state index contributed by atoms with van der Waals surface area (Å²) in [5.74, 6) is 0.634. The molecule has 1 aromatic carbocycles. The number of hydrogen-bond donors (Lipinski definition) is 0. The molecule has 0 radical (unpaired) electrons. The molecule has 5 heteroatoms. The number of benzene rings is 1. The van der Waals surface area contributed by atoms with Crippen molar-refractivity contribution in [1.82, 2.24) is 14.8 Å². The second-order valence-electron chi connectivity index (χ2n) is 7.45. The van der Waals surface area contributed by atoms with Gasteiger partial charge in [0.2, 0.25) is 5.91 Å². The predicted molar refractivity (Wildman–Crippen MR) is 101 cm³/mol. The van der Waals surface area contributed by atoms with Crippen LogP contribution in [-0.4, -0.2) is 52.3 Å². The third-order valence-corrected chi connectivity index (χ3v) is 5.90. The Labute approximate surface area is 154 Å². The molecule has 2 saturated heterocycles. The molecular weight excluding hydrogens is 326 g/mol. The van der Waals surface area contributed by atoms with Gasteiger partial charge in [-0.3, -0.25) is 14.6 Å². The number of fused-ring (bicyclic) bond motifs is 2. The molecule has 0 spiro atoms. The quantitative estimate of drug-likeness (QED) is 0.793. The van der Waals surface area contributed by atoms with Crippen LogP contribution in [0, 0.1) is 5.92 Å². The van der Waals surface area contributed by atoms with E-state index < -0.39 is 0 Å². The average Bonchev–Trinajstić information content (AvgIpc) is 2.88. The van der Waals surface area contributed by atoms with Crippen LogP contribution in [0.5, 0.6) is 0 Å². The highest BCUT2D eigenvalue weighted by Gasteiger charge is 2.37. The minimum atomic E-state index is 0.108. The average molecular weight is 351 g/mol. The van der Waals surface area contributed by atoms with Crippen LogP contribution in [0.4, 0.5) is 0 Å². The van der Waals surface area contributed by atoms with Gasteiger partial charge >= 0.3 is 0 Å². The molecule has 4 rings (SSSR count). The van der Waals surface area contributed by atoms with Gasteiger partial charge in [-0.25, -0.2) is 0 Å². The van der Waals surface area contributed by atoms with Crippen LogP contribution in [0.1, 0.15) is 43.0 Å². The van der Waals surface area contributed by atoms with Crippen LogP contribution in [0.25, 0.3) is 10.9 Å². The van der Waals surface area contributed by atoms with E-state index in [0.717, 1.165) is 61.8 Å². The van der Waals surface area contributed by atoms with Gasteiger partial charge in [0, 0.05) is 49.7 Å². The van der Waals surface area contributed by atoms with Crippen LogP contribution < -0.4 is 0 Å². The molecule has 0 N–H and O–H groups in total. The van der Waals surface area contributed by atoms with Gasteiger partial charge in [0.1, 0.15) is 0 Å². The Morgan fingerprint density at radius 2 is 1.96 bits per heavy atom. The van der Waals surface area contributed by atoms with Gasteiger partial charge in [0.05, 0.1) is 5.52 Å². The second kappa shape index (κ2) is 7.06. The van der Waals surface area contributed by atoms with Crippen LogP contribution in [0.3, 0.4) is 0 Å². The lowest BCUT2D eigenvalue weighted by Crippen LogP contribution is -2.53. The highest BCUT2D eigenvalue weighted by atomic mass is 16.2. The molecule has 0 saturated carbocycles. The number of likely N-dealkylation sites (tertiary alicyclic amines) is 2. The van der Waals surface area contributed by atoms with Gasteiger partial charge < -0.3 is 9.80 Å². The minimum absolute atomic E-state index is 0.108. The first-order valence-corrected chi connectivity index (χ1v) is 9.55. The predicted octanol–water partition coefficient (Wildman–Crippen LogP) is 3.10. The molecule has 2 aliphatic rings. The lowest BCUT2D eigenvalue weighted by molar-refractivity contribution is -0.131. The second-order valence-corrected chi connectivity index (χ2v) is 7.45. The van der Waals surface area contributed by atoms with Crippen molar-refractivity contribution < 1.29 is 9.59 Å². The van der Waals surface area contributed by atoms with Crippen molar-refractivity contribution in [2.45, 2.75) is 38.6 Å². The van der Waals surface area contributed by atoms with Crippen LogP contribution in [0.15, 0.2) is 36.5 Å². The Morgan fingerprint density at radius 3 is 2.81 bits per heavy atom. The van der Waals surface area contributed by atoms with Gasteiger partial charge in [-0.15, -0.1) is 0 Å². The summed E-state index contributed by atoms with van der Waals surface area (Å²) in [4.78, 5) is 33.6. The van der Waals surface area contributed by atoms with E-state index in [0.29, 0.717) is 5.92 Å². The summed E-state index contributed by atoms with van der Waals surface area (Å²) in [7, 11) is 0. The van der Waals surface area contributed by atoms with Crippen LogP contribution >= 0.6 is 0 Å². The molecule has 2 aliphatic heterocycles. The fourth-order valence-corrected chi connectivity index (χ4v) is 4.55. The van der Waals surface area contributed by atoms with Crippen molar-refractivity contribution in [2.75, 3.05) is 19.6 Å². The maximum atomic E-state index is 13.5. The molecule has 2 atom stereocenters. The van der Waals surface area contributed by atoms with E-state index in [1.165, 1.54) is 0 Å². The molecule has 2 fully saturated rings. The third-order valence-electron chi connectivity index (χ3n) is 5.90. The van der Waals surface area contributed by atoms with Crippen molar-refractivity contribution in [3.05, 3.63) is 42.1 Å². The van der Waals surface area contributed by atoms with Gasteiger partial charge in [-0.1, -0.05) is 18.6 Å². The molecule has 0 bridgehead atoms. The van der Waals surface area contributed by atoms with E-state index in [1.807, 2.05) is 35.2 Å². The summed E-state index contributed by atoms with van der Waals surface area (Å²) in [6, 6.07) is 9.86. The summed E-state index contributed by atoms with van der Waals surface area (Å²) in [5.41, 5.74) is 1.60. The zero-order valence-corrected chi connectivity index (χ0v) is 15.2. The summed E-state index contributed by atoms with van der Waals surface area (Å²) in [6.45, 7) is 3.97. The van der Waals surface area contributed by atoms with Crippen molar-refractivity contribution in [3.8, 4) is 0 Å². The van der Waals surface area contributed by atoms with E-state index in [9.17, 15) is 9.59 Å². The Hall–Kier alpha value is -2.43. The van der Waals surface area contributed by atoms with E-state index in [1.54, 1.807) is 13.1 Å². The summed E-state index contributed by atoms with van der Waals surface area (Å²) >= 11 is 0. The molecule has 1 aromatic heterocycles. The van der Waals surface area contributed by atoms with Gasteiger partial charge in [0.25, 0.3) is 5.91 Å². The lowest BCUT2D eigenvalue weighted by Gasteiger charge is -2.42. The van der Waals surface area contributed by atoms with E-state index in [-0.39, 0.29) is 17.9 Å². The maximum absolute atomic E-state index is 13.5. The number of pyridine rings is 1. The van der Waals surface area contributed by atoms with Crippen molar-refractivity contribution in [3.63, 3.8) is 0 Å². The third kappa shape index (κ3) is 3.06. The number of piperidine rings is 1. The number of amides is 2. The molecule has 26 heavy (non-hydrogen) atoms. The molecule has 3 heterocycles. The maximum Gasteiger partial charge on any atom is 0.254 e. The summed E-state index contributed by atoms with van der Waals surface area (Å²) < 4.78 is 0. The summed E-state index contributed by atoms with van der Waals surface area (Å²) in [6.07, 6.45) is 5.87. The number of rotatable bonds is 1. The van der Waals surface area contributed by atoms with Crippen LogP contribution in [0.2, 0.25) is 0 Å².